The molecular formula is C15H22N2O4S. The van der Waals surface area contributed by atoms with Gasteiger partial charge in [0.25, 0.3) is 0 Å². The number of fused-ring (bicyclic) bond motifs is 1. The Kier molecular flexibility index (Phi) is 4.05. The Morgan fingerprint density at radius 1 is 1.27 bits per heavy atom. The van der Waals surface area contributed by atoms with Crippen molar-refractivity contribution in [1.29, 1.82) is 0 Å². The van der Waals surface area contributed by atoms with Gasteiger partial charge >= 0.3 is 0 Å². The monoisotopic (exact) mass is 326 g/mol. The highest BCUT2D eigenvalue weighted by atomic mass is 32.2. The molecule has 1 saturated carbocycles. The summed E-state index contributed by atoms with van der Waals surface area (Å²) >= 11 is 0. The summed E-state index contributed by atoms with van der Waals surface area (Å²) in [5.41, 5.74) is 5.20. The lowest BCUT2D eigenvalue weighted by atomic mass is 9.98. The first-order valence-corrected chi connectivity index (χ1v) is 9.07. The number of sulfonamides is 1. The SMILES string of the molecule is CC(CN)(NS(=O)(=O)c1ccc2c(c1)OCCCO2)C1CC1. The fourth-order valence-corrected chi connectivity index (χ4v) is 4.18. The van der Waals surface area contributed by atoms with Gasteiger partial charge in [-0.05, 0) is 37.8 Å². The third-order valence-corrected chi connectivity index (χ3v) is 5.91. The average molecular weight is 326 g/mol. The standard InChI is InChI=1S/C15H22N2O4S/c1-15(10-16,11-3-4-11)17-22(18,19)12-5-6-13-14(9-12)21-8-2-7-20-13/h5-6,9,11,17H,2-4,7-8,10,16H2,1H3. The Balaban J connectivity index is 1.87. The van der Waals surface area contributed by atoms with Crippen molar-refractivity contribution in [3.8, 4) is 11.5 Å². The lowest BCUT2D eigenvalue weighted by Crippen LogP contribution is -2.52. The number of ether oxygens (including phenoxy) is 2. The van der Waals surface area contributed by atoms with Crippen LogP contribution in [0, 0.1) is 5.92 Å². The molecular weight excluding hydrogens is 304 g/mol. The van der Waals surface area contributed by atoms with Crippen LogP contribution in [0.15, 0.2) is 23.1 Å². The van der Waals surface area contributed by atoms with Gasteiger partial charge in [-0.15, -0.1) is 0 Å². The van der Waals surface area contributed by atoms with Crippen molar-refractivity contribution in [3.05, 3.63) is 18.2 Å². The molecule has 1 atom stereocenters. The second-order valence-corrected chi connectivity index (χ2v) is 7.84. The molecule has 1 aliphatic carbocycles. The molecule has 0 bridgehead atoms. The number of hydrogen-bond acceptors (Lipinski definition) is 5. The summed E-state index contributed by atoms with van der Waals surface area (Å²) in [5, 5.41) is 0. The van der Waals surface area contributed by atoms with Crippen LogP contribution < -0.4 is 19.9 Å². The molecule has 0 radical (unpaired) electrons. The summed E-state index contributed by atoms with van der Waals surface area (Å²) in [5.74, 6) is 1.37. The number of benzene rings is 1. The summed E-state index contributed by atoms with van der Waals surface area (Å²) in [6, 6.07) is 4.71. The molecule has 7 heteroatoms. The average Bonchev–Trinajstić information content (AvgIpc) is 3.32. The third-order valence-electron chi connectivity index (χ3n) is 4.30. The largest absolute Gasteiger partial charge is 0.490 e. The van der Waals surface area contributed by atoms with Crippen LogP contribution in [0.25, 0.3) is 0 Å². The molecule has 1 aliphatic heterocycles. The molecule has 1 fully saturated rings. The molecule has 0 saturated heterocycles. The van der Waals surface area contributed by atoms with Crippen molar-refractivity contribution in [2.45, 2.75) is 36.6 Å². The van der Waals surface area contributed by atoms with E-state index in [1.807, 2.05) is 6.92 Å². The quantitative estimate of drug-likeness (QED) is 0.850. The van der Waals surface area contributed by atoms with Gasteiger partial charge in [-0.3, -0.25) is 0 Å². The zero-order valence-corrected chi connectivity index (χ0v) is 13.5. The first-order valence-electron chi connectivity index (χ1n) is 7.58. The van der Waals surface area contributed by atoms with Crippen LogP contribution in [0.4, 0.5) is 0 Å². The molecule has 1 unspecified atom stereocenters. The molecule has 3 rings (SSSR count). The lowest BCUT2D eigenvalue weighted by molar-refractivity contribution is 0.297. The van der Waals surface area contributed by atoms with Crippen LogP contribution in [0.5, 0.6) is 11.5 Å². The molecule has 0 aromatic heterocycles. The van der Waals surface area contributed by atoms with Gasteiger partial charge < -0.3 is 15.2 Å². The molecule has 122 valence electrons. The molecule has 0 amide bonds. The van der Waals surface area contributed by atoms with Gasteiger partial charge in [-0.1, -0.05) is 0 Å². The van der Waals surface area contributed by atoms with Gasteiger partial charge in [-0.2, -0.15) is 0 Å². The highest BCUT2D eigenvalue weighted by Gasteiger charge is 2.43. The van der Waals surface area contributed by atoms with Gasteiger partial charge in [-0.25, -0.2) is 13.1 Å². The van der Waals surface area contributed by atoms with Crippen molar-refractivity contribution in [2.24, 2.45) is 11.7 Å². The molecule has 1 heterocycles. The maximum absolute atomic E-state index is 12.6. The van der Waals surface area contributed by atoms with E-state index < -0.39 is 15.6 Å². The molecule has 1 aromatic rings. The van der Waals surface area contributed by atoms with Crippen LogP contribution >= 0.6 is 0 Å². The van der Waals surface area contributed by atoms with Crippen LogP contribution in [0.2, 0.25) is 0 Å². The van der Waals surface area contributed by atoms with E-state index in [2.05, 4.69) is 4.72 Å². The van der Waals surface area contributed by atoms with E-state index in [0.29, 0.717) is 30.6 Å². The fourth-order valence-electron chi connectivity index (χ4n) is 2.69. The Morgan fingerprint density at radius 3 is 2.59 bits per heavy atom. The second kappa shape index (κ2) is 5.72. The normalized spacial score (nSPS) is 21.0. The number of nitrogens with one attached hydrogen (secondary N) is 1. The van der Waals surface area contributed by atoms with Crippen LogP contribution in [0.3, 0.4) is 0 Å². The third kappa shape index (κ3) is 3.06. The topological polar surface area (TPSA) is 90.7 Å². The van der Waals surface area contributed by atoms with Crippen LogP contribution in [-0.4, -0.2) is 33.7 Å². The summed E-state index contributed by atoms with van der Waals surface area (Å²) in [6.07, 6.45) is 2.80. The summed E-state index contributed by atoms with van der Waals surface area (Å²) in [7, 11) is -3.65. The summed E-state index contributed by atoms with van der Waals surface area (Å²) in [4.78, 5) is 0.178. The molecule has 22 heavy (non-hydrogen) atoms. The van der Waals surface area contributed by atoms with Crippen molar-refractivity contribution >= 4 is 10.0 Å². The van der Waals surface area contributed by atoms with Crippen molar-refractivity contribution < 1.29 is 17.9 Å². The molecule has 2 aliphatic rings. The van der Waals surface area contributed by atoms with Gasteiger partial charge in [0.15, 0.2) is 11.5 Å². The van der Waals surface area contributed by atoms with E-state index in [9.17, 15) is 8.42 Å². The minimum atomic E-state index is -3.65. The highest BCUT2D eigenvalue weighted by Crippen LogP contribution is 2.40. The predicted molar refractivity (Wildman–Crippen MR) is 82.6 cm³/mol. The smallest absolute Gasteiger partial charge is 0.241 e. The van der Waals surface area contributed by atoms with E-state index in [4.69, 9.17) is 15.2 Å². The second-order valence-electron chi connectivity index (χ2n) is 6.16. The lowest BCUT2D eigenvalue weighted by Gasteiger charge is -2.29. The van der Waals surface area contributed by atoms with Gasteiger partial charge in [0.1, 0.15) is 0 Å². The van der Waals surface area contributed by atoms with Gasteiger partial charge in [0.05, 0.1) is 18.1 Å². The van der Waals surface area contributed by atoms with Crippen molar-refractivity contribution in [2.75, 3.05) is 19.8 Å². The minimum absolute atomic E-state index is 0.178. The van der Waals surface area contributed by atoms with Gasteiger partial charge in [0, 0.05) is 24.6 Å². The van der Waals surface area contributed by atoms with Crippen LogP contribution in [-0.2, 0) is 10.0 Å². The molecule has 6 nitrogen and oxygen atoms in total. The summed E-state index contributed by atoms with van der Waals surface area (Å²) in [6.45, 7) is 3.24. The highest BCUT2D eigenvalue weighted by molar-refractivity contribution is 7.89. The number of rotatable bonds is 5. The zero-order valence-electron chi connectivity index (χ0n) is 12.7. The Hall–Kier alpha value is -1.31. The van der Waals surface area contributed by atoms with Gasteiger partial charge in [0.2, 0.25) is 10.0 Å². The van der Waals surface area contributed by atoms with Crippen molar-refractivity contribution in [3.63, 3.8) is 0 Å². The first kappa shape index (κ1) is 15.6. The van der Waals surface area contributed by atoms with E-state index in [1.54, 1.807) is 12.1 Å². The Labute approximate surface area is 131 Å². The molecule has 3 N–H and O–H groups in total. The maximum Gasteiger partial charge on any atom is 0.241 e. The van der Waals surface area contributed by atoms with E-state index in [-0.39, 0.29) is 11.4 Å². The van der Waals surface area contributed by atoms with Crippen LogP contribution in [0.1, 0.15) is 26.2 Å². The zero-order chi connectivity index (χ0) is 15.8. The maximum atomic E-state index is 12.6. The number of nitrogens with two attached hydrogens (primary N) is 1. The number of hydrogen-bond donors (Lipinski definition) is 2. The Bertz CT molecular complexity index is 658. The van der Waals surface area contributed by atoms with Crippen molar-refractivity contribution in [1.82, 2.24) is 4.72 Å². The first-order chi connectivity index (χ1) is 10.4. The predicted octanol–water partition coefficient (Wildman–Crippen LogP) is 1.25. The molecule has 1 aromatic carbocycles. The van der Waals surface area contributed by atoms with E-state index in [0.717, 1.165) is 19.3 Å². The minimum Gasteiger partial charge on any atom is -0.490 e. The van der Waals surface area contributed by atoms with E-state index >= 15 is 0 Å². The summed E-state index contributed by atoms with van der Waals surface area (Å²) < 4.78 is 39.2. The molecule has 0 spiro atoms. The fraction of sp³-hybridized carbons (Fsp3) is 0.600. The van der Waals surface area contributed by atoms with E-state index in [1.165, 1.54) is 6.07 Å². The Morgan fingerprint density at radius 2 is 1.95 bits per heavy atom.